The van der Waals surface area contributed by atoms with Gasteiger partial charge in [-0.15, -0.1) is 0 Å². The first-order chi connectivity index (χ1) is 20.2. The van der Waals surface area contributed by atoms with E-state index in [4.69, 9.17) is 0 Å². The summed E-state index contributed by atoms with van der Waals surface area (Å²) in [6, 6.07) is 0.927. The minimum absolute atomic E-state index is 0.0790. The summed E-state index contributed by atoms with van der Waals surface area (Å²) >= 11 is 0. The fourth-order valence-electron chi connectivity index (χ4n) is 3.59. The van der Waals surface area contributed by atoms with E-state index in [9.17, 15) is 89.5 Å². The van der Waals surface area contributed by atoms with Crippen LogP contribution in [0.4, 0.5) is 80.3 Å². The number of nitro groups is 1. The average molecular weight is 714 g/mol. The quantitative estimate of drug-likeness (QED) is 0.0821. The van der Waals surface area contributed by atoms with Gasteiger partial charge in [0.05, 0.1) is 11.1 Å². The maximum atomic E-state index is 14.2. The van der Waals surface area contributed by atoms with E-state index in [1.54, 1.807) is 0 Å². The molecule has 7 nitrogen and oxygen atoms in total. The van der Waals surface area contributed by atoms with Gasteiger partial charge in [0.2, 0.25) is 0 Å². The van der Waals surface area contributed by atoms with Gasteiger partial charge < -0.3 is 15.2 Å². The summed E-state index contributed by atoms with van der Waals surface area (Å²) in [5.74, 6) is -57.4. The number of carbonyl (C=O) groups is 1. The van der Waals surface area contributed by atoms with Crippen LogP contribution >= 0.6 is 0 Å². The zero-order valence-electron chi connectivity index (χ0n) is 23.2. The van der Waals surface area contributed by atoms with E-state index in [1.807, 2.05) is 0 Å². The Hall–Kier alpha value is -3.08. The number of amides is 1. The fourth-order valence-corrected chi connectivity index (χ4v) is 3.59. The molecule has 0 aliphatic carbocycles. The lowest BCUT2D eigenvalue weighted by molar-refractivity contribution is -0.461. The lowest BCUT2D eigenvalue weighted by Crippen LogP contribution is -2.74. The standard InChI is InChI=1S/C22H23F17N4O3/c1-14(2,41-8-4-7-40-13(44)12-9-11(43(45)46)10-42(12)3)5-6-15(23,24)16(25,26)17(27,28)18(29,30)19(31,32)20(33,34)21(35,36)22(37,38)39/h9-10,41H,4-8H2,1-3H3,(H,40,44). The number of carbonyl (C=O) groups excluding carboxylic acids is 1. The molecule has 0 unspecified atom stereocenters. The van der Waals surface area contributed by atoms with Crippen LogP contribution in [0.3, 0.4) is 0 Å². The highest BCUT2D eigenvalue weighted by atomic mass is 19.4. The molecule has 1 aromatic heterocycles. The summed E-state index contributed by atoms with van der Waals surface area (Å²) in [4.78, 5) is 22.1. The van der Waals surface area contributed by atoms with E-state index in [0.717, 1.165) is 30.7 Å². The SMILES string of the molecule is Cn1cc([N+](=O)[O-])cc1C(=O)NCCCNC(C)(C)CCC(F)(F)C(F)(F)C(F)(F)C(F)(F)C(F)(F)C(F)(F)C(F)(F)C(F)(F)F. The molecule has 0 radical (unpaired) electrons. The molecule has 46 heavy (non-hydrogen) atoms. The smallest absolute Gasteiger partial charge is 0.351 e. The molecule has 0 bridgehead atoms. The Morgan fingerprint density at radius 1 is 0.739 bits per heavy atom. The molecule has 0 atom stereocenters. The molecule has 0 aromatic carbocycles. The van der Waals surface area contributed by atoms with Crippen molar-refractivity contribution in [3.05, 3.63) is 28.1 Å². The van der Waals surface area contributed by atoms with Crippen molar-refractivity contribution in [2.45, 2.75) is 86.3 Å². The molecule has 0 aliphatic rings. The van der Waals surface area contributed by atoms with Crippen LogP contribution < -0.4 is 10.6 Å². The third-order valence-electron chi connectivity index (χ3n) is 6.53. The molecule has 0 fully saturated rings. The van der Waals surface area contributed by atoms with Crippen LogP contribution in [0.1, 0.15) is 43.6 Å². The van der Waals surface area contributed by atoms with Crippen molar-refractivity contribution < 1.29 is 84.4 Å². The van der Waals surface area contributed by atoms with Crippen molar-refractivity contribution in [3.8, 4) is 0 Å². The number of alkyl halides is 17. The minimum Gasteiger partial charge on any atom is -0.351 e. The first-order valence-electron chi connectivity index (χ1n) is 12.2. The maximum absolute atomic E-state index is 14.2. The van der Waals surface area contributed by atoms with Gasteiger partial charge in [-0.3, -0.25) is 14.9 Å². The van der Waals surface area contributed by atoms with E-state index in [1.165, 1.54) is 7.05 Å². The Morgan fingerprint density at radius 2 is 1.17 bits per heavy atom. The number of aryl methyl sites for hydroxylation is 1. The molecule has 1 rings (SSSR count). The number of nitrogens with zero attached hydrogens (tertiary/aromatic N) is 2. The van der Waals surface area contributed by atoms with E-state index >= 15 is 0 Å². The largest absolute Gasteiger partial charge is 0.460 e. The topological polar surface area (TPSA) is 89.2 Å². The van der Waals surface area contributed by atoms with Crippen LogP contribution in [0.15, 0.2) is 12.3 Å². The predicted molar refractivity (Wildman–Crippen MR) is 121 cm³/mol. The molecule has 1 heterocycles. The molecular weight excluding hydrogens is 691 g/mol. The van der Waals surface area contributed by atoms with Gasteiger partial charge in [0, 0.05) is 31.6 Å². The van der Waals surface area contributed by atoms with Crippen LogP contribution in [0.5, 0.6) is 0 Å². The zero-order valence-corrected chi connectivity index (χ0v) is 23.2. The lowest BCUT2D eigenvalue weighted by atomic mass is 9.86. The summed E-state index contributed by atoms with van der Waals surface area (Å²) < 4.78 is 229. The predicted octanol–water partition coefficient (Wildman–Crippen LogP) is 7.21. The van der Waals surface area contributed by atoms with Gasteiger partial charge in [0.25, 0.3) is 11.6 Å². The number of rotatable bonds is 16. The van der Waals surface area contributed by atoms with Crippen LogP contribution in [-0.4, -0.2) is 81.7 Å². The molecule has 2 N–H and O–H groups in total. The molecule has 0 saturated carbocycles. The summed E-state index contributed by atoms with van der Waals surface area (Å²) in [5.41, 5.74) is -2.37. The Kier molecular flexibility index (Phi) is 11.1. The van der Waals surface area contributed by atoms with Crippen molar-refractivity contribution in [2.75, 3.05) is 13.1 Å². The van der Waals surface area contributed by atoms with Crippen LogP contribution in [-0.2, 0) is 7.05 Å². The lowest BCUT2D eigenvalue weighted by Gasteiger charge is -2.43. The van der Waals surface area contributed by atoms with Crippen LogP contribution in [0.2, 0.25) is 0 Å². The Morgan fingerprint density at radius 3 is 1.59 bits per heavy atom. The number of nitrogens with one attached hydrogen (secondary N) is 2. The molecule has 1 aromatic rings. The molecule has 24 heteroatoms. The zero-order chi connectivity index (χ0) is 36.8. The summed E-state index contributed by atoms with van der Waals surface area (Å²) in [6.45, 7) is 1.42. The van der Waals surface area contributed by atoms with Gasteiger partial charge >= 0.3 is 47.6 Å². The molecule has 268 valence electrons. The highest BCUT2D eigenvalue weighted by molar-refractivity contribution is 5.93. The normalized spacial score (nSPS) is 14.9. The van der Waals surface area contributed by atoms with Crippen molar-refractivity contribution in [3.63, 3.8) is 0 Å². The third-order valence-corrected chi connectivity index (χ3v) is 6.53. The van der Waals surface area contributed by atoms with Crippen molar-refractivity contribution in [1.82, 2.24) is 15.2 Å². The highest BCUT2D eigenvalue weighted by Gasteiger charge is 2.95. The van der Waals surface area contributed by atoms with E-state index < -0.39 is 82.5 Å². The van der Waals surface area contributed by atoms with Crippen LogP contribution in [0, 0.1) is 10.1 Å². The summed E-state index contributed by atoms with van der Waals surface area (Å²) in [5, 5.41) is 15.5. The van der Waals surface area contributed by atoms with E-state index in [0.29, 0.717) is 0 Å². The van der Waals surface area contributed by atoms with E-state index in [2.05, 4.69) is 10.6 Å². The summed E-state index contributed by atoms with van der Waals surface area (Å²) in [7, 11) is 1.30. The first kappa shape index (κ1) is 40.9. The Labute approximate surface area is 246 Å². The average Bonchev–Trinajstić information content (AvgIpc) is 3.28. The second-order valence-corrected chi connectivity index (χ2v) is 10.5. The molecule has 1 amide bonds. The molecule has 0 saturated heterocycles. The minimum atomic E-state index is -8.67. The van der Waals surface area contributed by atoms with Crippen molar-refractivity contribution >= 4 is 11.6 Å². The van der Waals surface area contributed by atoms with Gasteiger partial charge in [-0.1, -0.05) is 0 Å². The first-order valence-corrected chi connectivity index (χ1v) is 12.2. The van der Waals surface area contributed by atoms with Gasteiger partial charge in [0.1, 0.15) is 5.69 Å². The molecule has 0 spiro atoms. The number of aromatic nitrogens is 1. The second-order valence-electron chi connectivity index (χ2n) is 10.5. The van der Waals surface area contributed by atoms with Gasteiger partial charge in [0.15, 0.2) is 0 Å². The number of halogens is 17. The molecule has 0 aliphatic heterocycles. The monoisotopic (exact) mass is 714 g/mol. The Bertz CT molecular complexity index is 1260. The van der Waals surface area contributed by atoms with Crippen molar-refractivity contribution in [2.24, 2.45) is 7.05 Å². The highest BCUT2D eigenvalue weighted by Crippen LogP contribution is 2.64. The van der Waals surface area contributed by atoms with Crippen LogP contribution in [0.25, 0.3) is 0 Å². The molecular formula is C22H23F17N4O3. The number of hydrogen-bond donors (Lipinski definition) is 2. The summed E-state index contributed by atoms with van der Waals surface area (Å²) in [6.07, 6.45) is -10.8. The van der Waals surface area contributed by atoms with E-state index in [-0.39, 0.29) is 25.2 Å². The second kappa shape index (κ2) is 12.5. The Balaban J connectivity index is 2.98. The van der Waals surface area contributed by atoms with Crippen molar-refractivity contribution in [1.29, 1.82) is 0 Å². The van der Waals surface area contributed by atoms with Gasteiger partial charge in [-0.25, -0.2) is 0 Å². The third kappa shape index (κ3) is 7.09. The number of hydrogen-bond acceptors (Lipinski definition) is 4. The maximum Gasteiger partial charge on any atom is 0.460 e. The van der Waals surface area contributed by atoms with Gasteiger partial charge in [-0.2, -0.15) is 74.6 Å². The fraction of sp³-hybridized carbons (Fsp3) is 0.773. The van der Waals surface area contributed by atoms with Gasteiger partial charge in [-0.05, 0) is 33.2 Å².